The highest BCUT2D eigenvalue weighted by atomic mass is 28.3. The normalized spacial score (nSPS) is 11.0. The van der Waals surface area contributed by atoms with Crippen molar-refractivity contribution in [1.82, 2.24) is 13.7 Å². The molecule has 0 bridgehead atoms. The molecule has 0 fully saturated rings. The van der Waals surface area contributed by atoms with Crippen molar-refractivity contribution < 1.29 is 0 Å². The van der Waals surface area contributed by atoms with Crippen molar-refractivity contribution in [3.63, 3.8) is 0 Å². The fourth-order valence-corrected chi connectivity index (χ4v) is 36.3. The molecule has 0 aliphatic carbocycles. The van der Waals surface area contributed by atoms with Crippen LogP contribution in [0.1, 0.15) is 40.8 Å². The molecule has 0 radical (unpaired) electrons. The average molecular weight is 1950 g/mol. The number of aromatic nitrogens is 3. The van der Waals surface area contributed by atoms with Gasteiger partial charge in [0.25, 0.3) is 0 Å². The van der Waals surface area contributed by atoms with E-state index in [0.717, 1.165) is 116 Å². The van der Waals surface area contributed by atoms with Crippen molar-refractivity contribution in [2.45, 2.75) is 29.7 Å². The van der Waals surface area contributed by atoms with Crippen LogP contribution in [0.3, 0.4) is 0 Å². The number of benzene rings is 21. The van der Waals surface area contributed by atoms with Crippen molar-refractivity contribution in [2.75, 3.05) is 0 Å². The predicted molar refractivity (Wildman–Crippen MR) is 631 cm³/mol. The molecule has 24 aromatic rings. The zero-order valence-electron chi connectivity index (χ0n) is 78.3. The zero-order valence-corrected chi connectivity index (χ0v) is 81.3. The fraction of sp³-hybridized carbons (Fsp3) is 0.0294. The van der Waals surface area contributed by atoms with Gasteiger partial charge >= 0.3 is 0 Å². The van der Waals surface area contributed by atoms with Crippen LogP contribution < -0.4 is 62.2 Å². The van der Waals surface area contributed by atoms with Crippen LogP contribution in [0.4, 0.5) is 22.7 Å². The first kappa shape index (κ1) is 98.8. The van der Waals surface area contributed by atoms with Gasteiger partial charge in [0.2, 0.25) is 0 Å². The van der Waals surface area contributed by atoms with Gasteiger partial charge in [-0.05, 0) is 209 Å². The van der Waals surface area contributed by atoms with E-state index in [-0.39, 0.29) is 29.7 Å². The van der Waals surface area contributed by atoms with Crippen LogP contribution in [0, 0.1) is 49.0 Å². The molecule has 21 aromatic carbocycles. The second-order valence-electron chi connectivity index (χ2n) is 35.8. The summed E-state index contributed by atoms with van der Waals surface area (Å²) in [5.74, 6) is 0. The molecule has 0 aliphatic rings. The van der Waals surface area contributed by atoms with Crippen LogP contribution in [-0.2, 0) is 0 Å². The number of hydrogen-bond donors (Lipinski definition) is 0. The van der Waals surface area contributed by atoms with E-state index in [9.17, 15) is 10.5 Å². The Hall–Kier alpha value is -19.4. The third kappa shape index (κ3) is 17.5. The number of nitrogens with zero attached hydrogens (tertiary/aromatic N) is 9. The maximum Gasteiger partial charge on any atom is 0.188 e. The third-order valence-corrected chi connectivity index (χ3v) is 42.6. The minimum Gasteiger partial charge on any atom is -0.309 e. The van der Waals surface area contributed by atoms with Gasteiger partial charge in [0.05, 0.1) is 82.3 Å². The van der Waals surface area contributed by atoms with E-state index in [0.29, 0.717) is 33.9 Å². The molecule has 0 unspecified atom stereocenters. The lowest BCUT2D eigenvalue weighted by atomic mass is 9.99. The van der Waals surface area contributed by atoms with Gasteiger partial charge in [-0.1, -0.05) is 454 Å². The SMILES string of the molecule is C.C.C.C.[C-]#[N+]c1ccc([Si](c2ccccc2)(c2ccccc2)c2ccccc2)c(-c2ccc(-n3c4ccccc4c4cc([N+]#[C-])ccc43)cc2)c1.[C-]#[N+]c1ccc2c(c1)c1ccccc1n2-c1ccc(-c2ccc([Si](c3ccccc3)(c3ccccc3)c3ccccc3)cc2)cc1C#N.[C-]#[N+]c1ccc2c(c1)c1ccccc1n2-c1ccc(C#N)c(-c2ccc([Si](c3ccccc3)(c3ccccc3)c3ccccc3)cc2)c1. The van der Waals surface area contributed by atoms with Gasteiger partial charge in [-0.25, -0.2) is 19.4 Å². The summed E-state index contributed by atoms with van der Waals surface area (Å²) in [5, 5.41) is 42.8. The molecule has 24 rings (SSSR count). The van der Waals surface area contributed by atoms with Gasteiger partial charge in [0.1, 0.15) is 6.07 Å². The van der Waals surface area contributed by atoms with Crippen molar-refractivity contribution >= 4 is 175 Å². The molecule has 3 heterocycles. The Bertz CT molecular complexity index is 8930. The monoisotopic (exact) mass is 1950 g/mol. The molecule has 0 aliphatic heterocycles. The highest BCUT2D eigenvalue weighted by molar-refractivity contribution is 7.21. The van der Waals surface area contributed by atoms with Gasteiger partial charge < -0.3 is 13.7 Å². The van der Waals surface area contributed by atoms with Crippen LogP contribution in [0.15, 0.2) is 528 Å². The number of nitriles is 2. The molecule has 9 nitrogen and oxygen atoms in total. The maximum absolute atomic E-state index is 10.4. The minimum absolute atomic E-state index is 0. The Morgan fingerprint density at radius 2 is 0.453 bits per heavy atom. The highest BCUT2D eigenvalue weighted by Crippen LogP contribution is 2.41. The lowest BCUT2D eigenvalue weighted by Crippen LogP contribution is -2.75. The van der Waals surface area contributed by atoms with E-state index in [4.69, 9.17) is 26.3 Å². The lowest BCUT2D eigenvalue weighted by molar-refractivity contribution is 1.17. The van der Waals surface area contributed by atoms with E-state index in [1.54, 1.807) is 0 Å². The maximum atomic E-state index is 10.4. The summed E-state index contributed by atoms with van der Waals surface area (Å²) >= 11 is 0. The van der Waals surface area contributed by atoms with Gasteiger partial charge in [-0.2, -0.15) is 10.5 Å². The summed E-state index contributed by atoms with van der Waals surface area (Å²) in [6.07, 6.45) is 0. The van der Waals surface area contributed by atoms with Gasteiger partial charge in [0.15, 0.2) is 47.0 Å². The lowest BCUT2D eigenvalue weighted by Gasteiger charge is -2.36. The van der Waals surface area contributed by atoms with Crippen molar-refractivity contribution in [2.24, 2.45) is 0 Å². The predicted octanol–water partition coefficient (Wildman–Crippen LogP) is 28.0. The van der Waals surface area contributed by atoms with Gasteiger partial charge in [-0.15, -0.1) is 0 Å². The molecule has 12 heteroatoms. The quantitative estimate of drug-likeness (QED) is 0.0487. The van der Waals surface area contributed by atoms with E-state index < -0.39 is 24.2 Å². The van der Waals surface area contributed by atoms with Crippen molar-refractivity contribution in [3.8, 4) is 62.6 Å². The molecule has 0 spiro atoms. The number of rotatable bonds is 18. The number of hydrogen-bond acceptors (Lipinski definition) is 2. The summed E-state index contributed by atoms with van der Waals surface area (Å²) in [6, 6.07) is 191. The molecule has 3 aromatic heterocycles. The molecular weight excluding hydrogens is 1840 g/mol. The molecule has 0 N–H and O–H groups in total. The zero-order chi connectivity index (χ0) is 97.5. The summed E-state index contributed by atoms with van der Waals surface area (Å²) in [7, 11) is -8.12. The Morgan fingerprint density at radius 3 is 0.804 bits per heavy atom. The van der Waals surface area contributed by atoms with E-state index >= 15 is 0 Å². The Balaban J connectivity index is 0.000000143. The summed E-state index contributed by atoms with van der Waals surface area (Å²) in [5.41, 5.74) is 18.8. The van der Waals surface area contributed by atoms with Crippen LogP contribution in [0.5, 0.6) is 0 Å². The van der Waals surface area contributed by atoms with E-state index in [1.807, 2.05) is 115 Å². The smallest absolute Gasteiger partial charge is 0.188 e. The first-order valence-corrected chi connectivity index (χ1v) is 53.8. The first-order chi connectivity index (χ1) is 71.2. The van der Waals surface area contributed by atoms with Crippen LogP contribution in [0.2, 0.25) is 0 Å². The number of fused-ring (bicyclic) bond motifs is 9. The molecule has 0 atom stereocenters. The highest BCUT2D eigenvalue weighted by Gasteiger charge is 2.45. The molecule has 0 saturated carbocycles. The topological polar surface area (TPSA) is 79.8 Å². The second-order valence-corrected chi connectivity index (χ2v) is 47.2. The van der Waals surface area contributed by atoms with Gasteiger partial charge in [-0.3, -0.25) is 0 Å². The largest absolute Gasteiger partial charge is 0.309 e. The summed E-state index contributed by atoms with van der Waals surface area (Å²) in [4.78, 5) is 14.9. The van der Waals surface area contributed by atoms with Crippen molar-refractivity contribution in [1.29, 1.82) is 10.5 Å². The molecule has 148 heavy (non-hydrogen) atoms. The van der Waals surface area contributed by atoms with Crippen LogP contribution in [0.25, 0.3) is 135 Å². The Kier molecular flexibility index (Phi) is 28.8. The Morgan fingerprint density at radius 1 is 0.189 bits per heavy atom. The van der Waals surface area contributed by atoms with Crippen LogP contribution >= 0.6 is 0 Å². The van der Waals surface area contributed by atoms with Crippen molar-refractivity contribution in [3.05, 3.63) is 585 Å². The fourth-order valence-electron chi connectivity index (χ4n) is 21.8. The average Bonchev–Trinajstić information content (AvgIpc) is 0.986. The number of para-hydroxylation sites is 3. The third-order valence-electron chi connectivity index (χ3n) is 28.2. The van der Waals surface area contributed by atoms with Gasteiger partial charge in [0, 0.05) is 33.1 Å². The van der Waals surface area contributed by atoms with E-state index in [2.05, 4.69) is 458 Å². The summed E-state index contributed by atoms with van der Waals surface area (Å²) in [6.45, 7) is 30.6. The second kappa shape index (κ2) is 43.2. The van der Waals surface area contributed by atoms with Crippen LogP contribution in [-0.4, -0.2) is 37.9 Å². The Labute approximate surface area is 869 Å². The molecule has 0 saturated heterocycles. The minimum atomic E-state index is -2.84. The van der Waals surface area contributed by atoms with E-state index in [1.165, 1.54) is 62.2 Å². The standard InChI is InChI=1S/3C44H29N3Si.4CH4/c1-45-33-24-28-43-41(31-33)39-20-12-13-21-42(39)47(43)35-26-22-32(23-27-35)40-30-34(46-2)25-29-44(40)48(36-14-6-3-7-15-36,37-16-8-4-9-17-37)38-18-10-5-11-19-38;1-46-34-24-28-44-42(29-34)40-19-11-12-20-43(40)47(44)35-25-21-33(31-45)41(30-35)32-22-26-39(27-23-32)48(36-13-5-2-6-14-36,37-15-7-3-8-16-37)38-17-9-4-10-18-38;1-46-35-24-28-44-41(30-35)40-19-11-12-20-43(40)47(44)42-27-23-33(29-34(42)31-45)32-21-25-39(26-22-32)48(36-13-5-2-6-14-36,37-15-7-3-8-16-37)38-17-9-4-10-18-38;;;;/h3-31H;2*2-30H;4*1H4. The first-order valence-electron chi connectivity index (χ1n) is 47.8. The summed E-state index contributed by atoms with van der Waals surface area (Å²) < 4.78 is 6.65. The molecular formula is C136H103N9Si3. The molecule has 0 amide bonds. The molecule has 704 valence electrons.